The summed E-state index contributed by atoms with van der Waals surface area (Å²) in [6.07, 6.45) is 2.22. The highest BCUT2D eigenvalue weighted by Gasteiger charge is 2.49. The van der Waals surface area contributed by atoms with E-state index in [1.54, 1.807) is 0 Å². The normalized spacial score (nSPS) is 36.9. The number of ether oxygens (including phenoxy) is 1. The van der Waals surface area contributed by atoms with E-state index in [0.29, 0.717) is 12.0 Å². The molecule has 0 aromatic heterocycles. The van der Waals surface area contributed by atoms with Crippen LogP contribution in [0.4, 0.5) is 0 Å². The van der Waals surface area contributed by atoms with Crippen LogP contribution < -0.4 is 0 Å². The topological polar surface area (TPSA) is 21.7 Å². The van der Waals surface area contributed by atoms with E-state index in [-0.39, 0.29) is 6.29 Å². The molecule has 0 aliphatic carbocycles. The average Bonchev–Trinajstić information content (AvgIpc) is 2.88. The molecule has 2 fully saturated rings. The third-order valence-electron chi connectivity index (χ3n) is 4.01. The Morgan fingerprint density at radius 3 is 3.19 bits per heavy atom. The van der Waals surface area contributed by atoms with E-state index in [0.717, 1.165) is 26.0 Å². The van der Waals surface area contributed by atoms with Crippen LogP contribution >= 0.6 is 0 Å². The van der Waals surface area contributed by atoms with Gasteiger partial charge in [0.1, 0.15) is 0 Å². The number of hydrogen-bond acceptors (Lipinski definition) is 3. The molecule has 3 atom stereocenters. The molecule has 3 heteroatoms. The fourth-order valence-electron chi connectivity index (χ4n) is 3.27. The van der Waals surface area contributed by atoms with E-state index in [2.05, 4.69) is 29.3 Å². The molecule has 3 heterocycles. The van der Waals surface area contributed by atoms with Crippen molar-refractivity contribution >= 4 is 0 Å². The quantitative estimate of drug-likeness (QED) is 0.662. The molecule has 0 amide bonds. The van der Waals surface area contributed by atoms with E-state index in [1.807, 2.05) is 0 Å². The predicted molar refractivity (Wildman–Crippen MR) is 58.5 cm³/mol. The Morgan fingerprint density at radius 2 is 2.19 bits per heavy atom. The number of hydrogen-bond donors (Lipinski definition) is 0. The SMILES string of the molecule is c1ccc2c(c1)CCN1O[C@H]3OCCC3[C@@H]21. The third-order valence-corrected chi connectivity index (χ3v) is 4.01. The summed E-state index contributed by atoms with van der Waals surface area (Å²) in [6, 6.07) is 9.18. The van der Waals surface area contributed by atoms with Gasteiger partial charge in [-0.05, 0) is 24.0 Å². The van der Waals surface area contributed by atoms with Crippen LogP contribution in [-0.2, 0) is 16.0 Å². The van der Waals surface area contributed by atoms with Crippen LogP contribution in [0.15, 0.2) is 24.3 Å². The van der Waals surface area contributed by atoms with Gasteiger partial charge >= 0.3 is 0 Å². The summed E-state index contributed by atoms with van der Waals surface area (Å²) in [7, 11) is 0. The maximum Gasteiger partial charge on any atom is 0.182 e. The number of fused-ring (bicyclic) bond motifs is 5. The highest BCUT2D eigenvalue weighted by atomic mass is 16.8. The van der Waals surface area contributed by atoms with Crippen molar-refractivity contribution in [2.75, 3.05) is 13.2 Å². The Morgan fingerprint density at radius 1 is 1.25 bits per heavy atom. The minimum absolute atomic E-state index is 0.0103. The van der Waals surface area contributed by atoms with Crippen LogP contribution in [0.25, 0.3) is 0 Å². The molecule has 0 bridgehead atoms. The fraction of sp³-hybridized carbons (Fsp3) is 0.538. The second-order valence-electron chi connectivity index (χ2n) is 4.83. The van der Waals surface area contributed by atoms with Crippen LogP contribution in [0.2, 0.25) is 0 Å². The largest absolute Gasteiger partial charge is 0.350 e. The molecule has 4 rings (SSSR count). The van der Waals surface area contributed by atoms with Gasteiger partial charge in [-0.1, -0.05) is 24.3 Å². The van der Waals surface area contributed by atoms with Crippen molar-refractivity contribution in [2.45, 2.75) is 25.2 Å². The zero-order chi connectivity index (χ0) is 10.5. The molecule has 3 aliphatic rings. The van der Waals surface area contributed by atoms with Crippen LogP contribution in [0, 0.1) is 5.92 Å². The zero-order valence-electron chi connectivity index (χ0n) is 9.13. The van der Waals surface area contributed by atoms with E-state index < -0.39 is 0 Å². The molecular formula is C13H15NO2. The number of nitrogens with zero attached hydrogens (tertiary/aromatic N) is 1. The lowest BCUT2D eigenvalue weighted by Crippen LogP contribution is -2.32. The van der Waals surface area contributed by atoms with Crippen LogP contribution in [-0.4, -0.2) is 24.5 Å². The van der Waals surface area contributed by atoms with Crippen molar-refractivity contribution in [3.05, 3.63) is 35.4 Å². The molecule has 2 saturated heterocycles. The Bertz CT molecular complexity index is 420. The van der Waals surface area contributed by atoms with E-state index in [9.17, 15) is 0 Å². The summed E-state index contributed by atoms with van der Waals surface area (Å²) in [5, 5.41) is 2.14. The van der Waals surface area contributed by atoms with E-state index in [1.165, 1.54) is 11.1 Å². The Balaban J connectivity index is 1.79. The first-order chi connectivity index (χ1) is 7.93. The van der Waals surface area contributed by atoms with Gasteiger partial charge < -0.3 is 4.74 Å². The summed E-state index contributed by atoms with van der Waals surface area (Å²) in [4.78, 5) is 5.86. The highest BCUT2D eigenvalue weighted by Crippen LogP contribution is 2.47. The molecule has 0 N–H and O–H groups in total. The maximum absolute atomic E-state index is 5.86. The van der Waals surface area contributed by atoms with Crippen molar-refractivity contribution in [3.63, 3.8) is 0 Å². The van der Waals surface area contributed by atoms with Gasteiger partial charge in [0.15, 0.2) is 6.29 Å². The molecule has 0 radical (unpaired) electrons. The van der Waals surface area contributed by atoms with Gasteiger partial charge in [-0.3, -0.25) is 4.84 Å². The Labute approximate surface area is 94.9 Å². The summed E-state index contributed by atoms with van der Waals surface area (Å²) in [5.41, 5.74) is 2.94. The zero-order valence-corrected chi connectivity index (χ0v) is 9.13. The molecular weight excluding hydrogens is 202 g/mol. The van der Waals surface area contributed by atoms with Gasteiger partial charge in [-0.25, -0.2) is 0 Å². The fourth-order valence-corrected chi connectivity index (χ4v) is 3.27. The highest BCUT2D eigenvalue weighted by molar-refractivity contribution is 5.33. The molecule has 1 aromatic rings. The minimum Gasteiger partial charge on any atom is -0.350 e. The van der Waals surface area contributed by atoms with Crippen molar-refractivity contribution in [3.8, 4) is 0 Å². The Hall–Kier alpha value is -0.900. The first-order valence-corrected chi connectivity index (χ1v) is 6.06. The van der Waals surface area contributed by atoms with Gasteiger partial charge in [0.05, 0.1) is 12.6 Å². The molecule has 1 unspecified atom stereocenters. The number of benzene rings is 1. The first kappa shape index (κ1) is 9.16. The second-order valence-corrected chi connectivity index (χ2v) is 4.83. The summed E-state index contributed by atoms with van der Waals surface area (Å²) in [5.74, 6) is 0.529. The van der Waals surface area contributed by atoms with E-state index in [4.69, 9.17) is 9.57 Å². The average molecular weight is 217 g/mol. The second kappa shape index (κ2) is 3.29. The standard InChI is InChI=1S/C13H15NO2/c1-2-4-10-9(3-1)5-7-14-12(10)11-6-8-15-13(11)16-14/h1-4,11-13H,5-8H2/t11?,12-,13-/m1/s1. The molecule has 3 aliphatic heterocycles. The van der Waals surface area contributed by atoms with Gasteiger partial charge in [-0.15, -0.1) is 0 Å². The maximum atomic E-state index is 5.86. The van der Waals surface area contributed by atoms with Crippen molar-refractivity contribution < 1.29 is 9.57 Å². The predicted octanol–water partition coefficient (Wildman–Crippen LogP) is 1.89. The smallest absolute Gasteiger partial charge is 0.182 e. The summed E-state index contributed by atoms with van der Waals surface area (Å²) < 4.78 is 5.62. The van der Waals surface area contributed by atoms with Gasteiger partial charge in [-0.2, -0.15) is 5.06 Å². The summed E-state index contributed by atoms with van der Waals surface area (Å²) in [6.45, 7) is 1.85. The minimum atomic E-state index is 0.0103. The summed E-state index contributed by atoms with van der Waals surface area (Å²) >= 11 is 0. The third kappa shape index (κ3) is 1.14. The lowest BCUT2D eigenvalue weighted by atomic mass is 9.86. The number of rotatable bonds is 0. The molecule has 1 aromatic carbocycles. The van der Waals surface area contributed by atoms with E-state index >= 15 is 0 Å². The van der Waals surface area contributed by atoms with Gasteiger partial charge in [0.2, 0.25) is 0 Å². The molecule has 0 saturated carbocycles. The Kier molecular flexibility index (Phi) is 1.89. The molecule has 16 heavy (non-hydrogen) atoms. The molecule has 84 valence electrons. The lowest BCUT2D eigenvalue weighted by molar-refractivity contribution is -0.234. The van der Waals surface area contributed by atoms with Crippen LogP contribution in [0.1, 0.15) is 23.6 Å². The molecule has 3 nitrogen and oxygen atoms in total. The monoisotopic (exact) mass is 217 g/mol. The first-order valence-electron chi connectivity index (χ1n) is 6.06. The van der Waals surface area contributed by atoms with Crippen LogP contribution in [0.5, 0.6) is 0 Å². The van der Waals surface area contributed by atoms with Gasteiger partial charge in [0, 0.05) is 12.5 Å². The molecule has 0 spiro atoms. The van der Waals surface area contributed by atoms with Crippen LogP contribution in [0.3, 0.4) is 0 Å². The number of hydroxylamine groups is 2. The van der Waals surface area contributed by atoms with Crippen molar-refractivity contribution in [2.24, 2.45) is 5.92 Å². The van der Waals surface area contributed by atoms with Crippen molar-refractivity contribution in [1.82, 2.24) is 5.06 Å². The van der Waals surface area contributed by atoms with Gasteiger partial charge in [0.25, 0.3) is 0 Å². The lowest BCUT2D eigenvalue weighted by Gasteiger charge is -2.31. The van der Waals surface area contributed by atoms with Crippen molar-refractivity contribution in [1.29, 1.82) is 0 Å².